The molecule has 0 N–H and O–H groups in total. The molecule has 0 unspecified atom stereocenters. The van der Waals surface area contributed by atoms with Gasteiger partial charge in [-0.2, -0.15) is 0 Å². The fourth-order valence-corrected chi connectivity index (χ4v) is 4.76. The molecule has 0 atom stereocenters. The highest BCUT2D eigenvalue weighted by molar-refractivity contribution is 7.13. The molecule has 4 rings (SSSR count). The minimum Gasteiger partial charge on any atom is -0.497 e. The van der Waals surface area contributed by atoms with E-state index in [1.807, 2.05) is 53.4 Å². The Morgan fingerprint density at radius 2 is 1.75 bits per heavy atom. The van der Waals surface area contributed by atoms with Crippen LogP contribution in [-0.4, -0.2) is 61.1 Å². The van der Waals surface area contributed by atoms with Crippen LogP contribution < -0.4 is 9.47 Å². The number of nitrogens with zero attached hydrogens (tertiary/aromatic N) is 3. The van der Waals surface area contributed by atoms with E-state index in [0.717, 1.165) is 66.1 Å². The highest BCUT2D eigenvalue weighted by atomic mass is 32.1. The maximum Gasteiger partial charge on any atom is 0.222 e. The number of carbonyl (C=O) groups is 1. The van der Waals surface area contributed by atoms with Crippen molar-refractivity contribution in [2.24, 2.45) is 0 Å². The molecule has 2 aromatic carbocycles. The van der Waals surface area contributed by atoms with Crippen molar-refractivity contribution in [3.8, 4) is 22.1 Å². The Kier molecular flexibility index (Phi) is 7.39. The first-order chi connectivity index (χ1) is 15.7. The van der Waals surface area contributed by atoms with Crippen LogP contribution in [0.15, 0.2) is 53.9 Å². The number of hydrogen-bond donors (Lipinski definition) is 0. The molecule has 6 nitrogen and oxygen atoms in total. The van der Waals surface area contributed by atoms with Crippen LogP contribution in [0.1, 0.15) is 17.7 Å². The van der Waals surface area contributed by atoms with Gasteiger partial charge in [0, 0.05) is 50.1 Å². The first-order valence-corrected chi connectivity index (χ1v) is 11.7. The third-order valence-electron chi connectivity index (χ3n) is 5.80. The van der Waals surface area contributed by atoms with Gasteiger partial charge in [-0.05, 0) is 42.3 Å². The van der Waals surface area contributed by atoms with E-state index in [4.69, 9.17) is 14.5 Å². The minimum atomic E-state index is 0.214. The van der Waals surface area contributed by atoms with Crippen molar-refractivity contribution in [3.05, 3.63) is 65.2 Å². The number of benzene rings is 2. The van der Waals surface area contributed by atoms with Crippen LogP contribution in [0.25, 0.3) is 10.6 Å². The smallest absolute Gasteiger partial charge is 0.222 e. The molecule has 0 bridgehead atoms. The number of rotatable bonds is 8. The number of hydrogen-bond acceptors (Lipinski definition) is 6. The van der Waals surface area contributed by atoms with Gasteiger partial charge in [-0.25, -0.2) is 4.98 Å². The number of ether oxygens (including phenoxy) is 2. The van der Waals surface area contributed by atoms with Gasteiger partial charge in [-0.1, -0.05) is 18.2 Å². The van der Waals surface area contributed by atoms with E-state index < -0.39 is 0 Å². The lowest BCUT2D eigenvalue weighted by Crippen LogP contribution is -2.48. The normalized spacial score (nSPS) is 14.4. The van der Waals surface area contributed by atoms with Gasteiger partial charge in [0.1, 0.15) is 16.5 Å². The van der Waals surface area contributed by atoms with Crippen molar-refractivity contribution in [2.75, 3.05) is 40.4 Å². The second kappa shape index (κ2) is 10.6. The highest BCUT2D eigenvalue weighted by Gasteiger charge is 2.22. The van der Waals surface area contributed by atoms with Crippen LogP contribution in [0.4, 0.5) is 0 Å². The van der Waals surface area contributed by atoms with E-state index in [-0.39, 0.29) is 5.91 Å². The fraction of sp³-hybridized carbons (Fsp3) is 0.360. The molecule has 168 valence electrons. The molecule has 0 aliphatic carbocycles. The van der Waals surface area contributed by atoms with Gasteiger partial charge in [0.2, 0.25) is 5.91 Å². The van der Waals surface area contributed by atoms with Crippen LogP contribution >= 0.6 is 11.3 Å². The van der Waals surface area contributed by atoms with E-state index in [2.05, 4.69) is 10.3 Å². The summed E-state index contributed by atoms with van der Waals surface area (Å²) in [5.41, 5.74) is 3.27. The van der Waals surface area contributed by atoms with Gasteiger partial charge in [0.05, 0.1) is 19.9 Å². The minimum absolute atomic E-state index is 0.214. The number of aryl methyl sites for hydroxylation is 1. The molecular formula is C25H29N3O3S. The maximum absolute atomic E-state index is 12.7. The number of thiazole rings is 1. The number of piperazine rings is 1. The standard InChI is InChI=1S/C25H29N3O3S/c1-30-22-10-7-20(8-11-22)25-26-21(18-32-25)17-27-13-15-28(16-14-27)24(29)12-9-19-5-3-4-6-23(19)31-2/h3-8,10-11,18H,9,12-17H2,1-2H3. The zero-order valence-corrected chi connectivity index (χ0v) is 19.4. The Balaban J connectivity index is 1.25. The molecule has 0 saturated carbocycles. The van der Waals surface area contributed by atoms with E-state index in [1.165, 1.54) is 0 Å². The van der Waals surface area contributed by atoms with Gasteiger partial charge in [-0.15, -0.1) is 11.3 Å². The summed E-state index contributed by atoms with van der Waals surface area (Å²) in [6, 6.07) is 15.9. The lowest BCUT2D eigenvalue weighted by atomic mass is 10.1. The summed E-state index contributed by atoms with van der Waals surface area (Å²) in [5, 5.41) is 3.15. The second-order valence-electron chi connectivity index (χ2n) is 7.84. The fourth-order valence-electron chi connectivity index (χ4n) is 3.94. The molecular weight excluding hydrogens is 422 g/mol. The van der Waals surface area contributed by atoms with Crippen molar-refractivity contribution in [2.45, 2.75) is 19.4 Å². The molecule has 1 saturated heterocycles. The molecule has 1 aliphatic heterocycles. The average molecular weight is 452 g/mol. The Hall–Kier alpha value is -2.90. The topological polar surface area (TPSA) is 54.9 Å². The largest absolute Gasteiger partial charge is 0.497 e. The van der Waals surface area contributed by atoms with Crippen molar-refractivity contribution in [3.63, 3.8) is 0 Å². The van der Waals surface area contributed by atoms with Crippen molar-refractivity contribution < 1.29 is 14.3 Å². The predicted molar refractivity (Wildman–Crippen MR) is 127 cm³/mol. The third kappa shape index (κ3) is 5.47. The van der Waals surface area contributed by atoms with E-state index >= 15 is 0 Å². The monoisotopic (exact) mass is 451 g/mol. The first kappa shape index (κ1) is 22.3. The van der Waals surface area contributed by atoms with Crippen LogP contribution in [0.2, 0.25) is 0 Å². The number of methoxy groups -OCH3 is 2. The summed E-state index contributed by atoms with van der Waals surface area (Å²) >= 11 is 1.66. The maximum atomic E-state index is 12.7. The van der Waals surface area contributed by atoms with Gasteiger partial charge < -0.3 is 14.4 Å². The van der Waals surface area contributed by atoms with E-state index in [9.17, 15) is 4.79 Å². The molecule has 0 radical (unpaired) electrons. The van der Waals surface area contributed by atoms with Crippen molar-refractivity contribution >= 4 is 17.2 Å². The van der Waals surface area contributed by atoms with Crippen molar-refractivity contribution in [1.82, 2.24) is 14.8 Å². The van der Waals surface area contributed by atoms with Crippen LogP contribution in [-0.2, 0) is 17.8 Å². The quantitative estimate of drug-likeness (QED) is 0.516. The molecule has 3 aromatic rings. The second-order valence-corrected chi connectivity index (χ2v) is 8.70. The lowest BCUT2D eigenvalue weighted by molar-refractivity contribution is -0.133. The molecule has 1 aromatic heterocycles. The molecule has 1 amide bonds. The van der Waals surface area contributed by atoms with Gasteiger partial charge in [0.25, 0.3) is 0 Å². The SMILES string of the molecule is COc1ccc(-c2nc(CN3CCN(C(=O)CCc4ccccc4OC)CC3)cs2)cc1. The van der Waals surface area contributed by atoms with Gasteiger partial charge in [-0.3, -0.25) is 9.69 Å². The van der Waals surface area contributed by atoms with E-state index in [0.29, 0.717) is 12.8 Å². The molecule has 7 heteroatoms. The van der Waals surface area contributed by atoms with Crippen LogP contribution in [0.5, 0.6) is 11.5 Å². The first-order valence-electron chi connectivity index (χ1n) is 10.9. The van der Waals surface area contributed by atoms with E-state index in [1.54, 1.807) is 25.6 Å². The molecule has 2 heterocycles. The number of amides is 1. The molecule has 32 heavy (non-hydrogen) atoms. The Morgan fingerprint density at radius 1 is 1.00 bits per heavy atom. The number of aromatic nitrogens is 1. The highest BCUT2D eigenvalue weighted by Crippen LogP contribution is 2.26. The number of carbonyl (C=O) groups excluding carboxylic acids is 1. The zero-order chi connectivity index (χ0) is 22.3. The Bertz CT molecular complexity index is 1030. The third-order valence-corrected chi connectivity index (χ3v) is 6.74. The lowest BCUT2D eigenvalue weighted by Gasteiger charge is -2.34. The summed E-state index contributed by atoms with van der Waals surface area (Å²) in [6.07, 6.45) is 1.22. The van der Waals surface area contributed by atoms with Crippen molar-refractivity contribution in [1.29, 1.82) is 0 Å². The van der Waals surface area contributed by atoms with Crippen LogP contribution in [0, 0.1) is 0 Å². The van der Waals surface area contributed by atoms with Gasteiger partial charge >= 0.3 is 0 Å². The summed E-state index contributed by atoms with van der Waals surface area (Å²) in [4.78, 5) is 21.8. The predicted octanol–water partition coefficient (Wildman–Crippen LogP) is 4.10. The summed E-state index contributed by atoms with van der Waals surface area (Å²) < 4.78 is 10.6. The summed E-state index contributed by atoms with van der Waals surface area (Å²) in [5.74, 6) is 1.91. The van der Waals surface area contributed by atoms with Crippen LogP contribution in [0.3, 0.4) is 0 Å². The molecule has 0 spiro atoms. The summed E-state index contributed by atoms with van der Waals surface area (Å²) in [7, 11) is 3.34. The number of para-hydroxylation sites is 1. The zero-order valence-electron chi connectivity index (χ0n) is 18.6. The molecule has 1 fully saturated rings. The Labute approximate surface area is 193 Å². The van der Waals surface area contributed by atoms with Gasteiger partial charge in [0.15, 0.2) is 0 Å². The summed E-state index contributed by atoms with van der Waals surface area (Å²) in [6.45, 7) is 4.09. The average Bonchev–Trinajstić information content (AvgIpc) is 3.31. The molecule has 1 aliphatic rings. The Morgan fingerprint density at radius 3 is 2.47 bits per heavy atom.